The normalized spacial score (nSPS) is 12.5. The molecule has 0 spiro atoms. The molecule has 2 N–H and O–H groups in total. The molecule has 0 amide bonds. The van der Waals surface area contributed by atoms with Crippen molar-refractivity contribution in [2.75, 3.05) is 0 Å². The van der Waals surface area contributed by atoms with Crippen LogP contribution in [0.3, 0.4) is 0 Å². The van der Waals surface area contributed by atoms with Gasteiger partial charge in [0, 0.05) is 0 Å². The van der Waals surface area contributed by atoms with E-state index in [2.05, 4.69) is 9.44 Å². The van der Waals surface area contributed by atoms with E-state index in [4.69, 9.17) is 0 Å². The Morgan fingerprint density at radius 2 is 1.04 bits per heavy atom. The highest BCUT2D eigenvalue weighted by Crippen LogP contribution is 2.13. The average molecular weight is 383 g/mol. The Balaban J connectivity index is 2.19. The summed E-state index contributed by atoms with van der Waals surface area (Å²) in [6, 6.07) is 12.7. The minimum atomic E-state index is -3.83. The Hall–Kier alpha value is -1.74. The molecule has 0 unspecified atom stereocenters. The lowest BCUT2D eigenvalue weighted by molar-refractivity contribution is 0.507. The van der Waals surface area contributed by atoms with Crippen molar-refractivity contribution in [2.24, 2.45) is 0 Å². The van der Waals surface area contributed by atoms with Gasteiger partial charge in [0.25, 0.3) is 0 Å². The van der Waals surface area contributed by atoms with Crippen molar-refractivity contribution in [2.45, 2.75) is 43.1 Å². The molecular formula is C17H22N2O4S2. The van der Waals surface area contributed by atoms with Gasteiger partial charge in [0.1, 0.15) is 0 Å². The van der Waals surface area contributed by atoms with E-state index in [1.807, 2.05) is 13.8 Å². The lowest BCUT2D eigenvalue weighted by atomic mass is 10.2. The molecule has 0 saturated heterocycles. The molecule has 2 aromatic carbocycles. The number of rotatable bonds is 7. The first kappa shape index (κ1) is 19.6. The van der Waals surface area contributed by atoms with Gasteiger partial charge in [-0.15, -0.1) is 0 Å². The Kier molecular flexibility index (Phi) is 5.99. The fourth-order valence-electron chi connectivity index (χ4n) is 2.14. The quantitative estimate of drug-likeness (QED) is 0.719. The summed E-state index contributed by atoms with van der Waals surface area (Å²) in [6.07, 6.45) is -0.687. The molecule has 2 aromatic rings. The summed E-state index contributed by atoms with van der Waals surface area (Å²) in [5, 5.41) is 0. The van der Waals surface area contributed by atoms with Gasteiger partial charge in [0.2, 0.25) is 20.0 Å². The van der Waals surface area contributed by atoms with Gasteiger partial charge in [-0.3, -0.25) is 0 Å². The second-order valence-electron chi connectivity index (χ2n) is 5.83. The maximum atomic E-state index is 12.4. The van der Waals surface area contributed by atoms with E-state index in [-0.39, 0.29) is 16.2 Å². The van der Waals surface area contributed by atoms with Crippen molar-refractivity contribution in [1.29, 1.82) is 0 Å². The summed E-state index contributed by atoms with van der Waals surface area (Å²) in [6.45, 7) is 5.41. The minimum absolute atomic E-state index is 0.0890. The van der Waals surface area contributed by atoms with Crippen molar-refractivity contribution >= 4 is 20.0 Å². The topological polar surface area (TPSA) is 92.3 Å². The Labute approximate surface area is 149 Å². The van der Waals surface area contributed by atoms with Crippen LogP contribution in [0.1, 0.15) is 24.5 Å². The van der Waals surface area contributed by atoms with Crippen LogP contribution in [0.2, 0.25) is 0 Å². The highest BCUT2D eigenvalue weighted by molar-refractivity contribution is 7.90. The first-order chi connectivity index (χ1) is 11.6. The maximum absolute atomic E-state index is 12.4. The predicted molar refractivity (Wildman–Crippen MR) is 97.1 cm³/mol. The zero-order chi connectivity index (χ0) is 18.7. The van der Waals surface area contributed by atoms with E-state index in [1.54, 1.807) is 31.2 Å². The summed E-state index contributed by atoms with van der Waals surface area (Å²) in [5.74, 6) is 0. The summed E-state index contributed by atoms with van der Waals surface area (Å²) in [5.41, 5.74) is 1.87. The number of hydrogen-bond acceptors (Lipinski definition) is 4. The van der Waals surface area contributed by atoms with Crippen molar-refractivity contribution < 1.29 is 16.8 Å². The molecule has 0 aliphatic heterocycles. The van der Waals surface area contributed by atoms with Gasteiger partial charge >= 0.3 is 0 Å². The van der Waals surface area contributed by atoms with Crippen LogP contribution in [0.5, 0.6) is 0 Å². The van der Waals surface area contributed by atoms with Crippen molar-refractivity contribution in [3.05, 3.63) is 59.7 Å². The summed E-state index contributed by atoms with van der Waals surface area (Å²) < 4.78 is 54.5. The second kappa shape index (κ2) is 7.65. The molecule has 0 radical (unpaired) electrons. The van der Waals surface area contributed by atoms with Crippen LogP contribution in [0, 0.1) is 13.8 Å². The van der Waals surface area contributed by atoms with Crippen LogP contribution in [0.4, 0.5) is 0 Å². The largest absolute Gasteiger partial charge is 0.241 e. The van der Waals surface area contributed by atoms with Gasteiger partial charge in [0.05, 0.1) is 16.0 Å². The van der Waals surface area contributed by atoms with E-state index in [1.165, 1.54) is 24.3 Å². The zero-order valence-corrected chi connectivity index (χ0v) is 16.0. The fourth-order valence-corrected chi connectivity index (χ4v) is 4.67. The third-order valence-electron chi connectivity index (χ3n) is 3.67. The molecule has 0 heterocycles. The molecule has 25 heavy (non-hydrogen) atoms. The van der Waals surface area contributed by atoms with E-state index < -0.39 is 26.2 Å². The Morgan fingerprint density at radius 1 is 0.720 bits per heavy atom. The zero-order valence-electron chi connectivity index (χ0n) is 14.4. The third-order valence-corrected chi connectivity index (χ3v) is 6.64. The van der Waals surface area contributed by atoms with Crippen LogP contribution in [-0.4, -0.2) is 23.0 Å². The average Bonchev–Trinajstić information content (AvgIpc) is 2.54. The van der Waals surface area contributed by atoms with Gasteiger partial charge in [-0.2, -0.15) is 9.44 Å². The van der Waals surface area contributed by atoms with Crippen LogP contribution >= 0.6 is 0 Å². The lowest BCUT2D eigenvalue weighted by Gasteiger charge is -2.19. The van der Waals surface area contributed by atoms with Gasteiger partial charge in [0.15, 0.2) is 0 Å². The van der Waals surface area contributed by atoms with Crippen molar-refractivity contribution in [1.82, 2.24) is 9.44 Å². The highest BCUT2D eigenvalue weighted by Gasteiger charge is 2.24. The predicted octanol–water partition coefficient (Wildman–Crippen LogP) is 2.30. The van der Waals surface area contributed by atoms with Gasteiger partial charge in [-0.05, 0) is 44.5 Å². The molecular weight excluding hydrogens is 360 g/mol. The first-order valence-corrected chi connectivity index (χ1v) is 10.8. The number of sulfonamides is 2. The van der Waals surface area contributed by atoms with Crippen molar-refractivity contribution in [3.63, 3.8) is 0 Å². The first-order valence-electron chi connectivity index (χ1n) is 7.82. The molecule has 136 valence electrons. The Morgan fingerprint density at radius 3 is 1.32 bits per heavy atom. The number of hydrogen-bond donors (Lipinski definition) is 2. The monoisotopic (exact) mass is 382 g/mol. The molecule has 6 nitrogen and oxygen atoms in total. The number of benzene rings is 2. The maximum Gasteiger partial charge on any atom is 0.241 e. The number of nitrogens with one attached hydrogen (secondary N) is 2. The molecule has 0 bridgehead atoms. The summed E-state index contributed by atoms with van der Waals surface area (Å²) in [7, 11) is -7.65. The highest BCUT2D eigenvalue weighted by atomic mass is 32.2. The third kappa shape index (κ3) is 5.12. The Bertz CT molecular complexity index is 842. The molecule has 0 aliphatic rings. The molecule has 0 aromatic heterocycles. The van der Waals surface area contributed by atoms with Crippen LogP contribution in [-0.2, 0) is 20.0 Å². The van der Waals surface area contributed by atoms with Gasteiger partial charge in [-0.25, -0.2) is 16.8 Å². The second-order valence-corrected chi connectivity index (χ2v) is 9.26. The van der Waals surface area contributed by atoms with Crippen LogP contribution in [0.15, 0.2) is 58.3 Å². The number of aryl methyl sites for hydroxylation is 2. The van der Waals surface area contributed by atoms with E-state index >= 15 is 0 Å². The molecule has 0 fully saturated rings. The molecule has 8 heteroatoms. The lowest BCUT2D eigenvalue weighted by Crippen LogP contribution is -2.47. The summed E-state index contributed by atoms with van der Waals surface area (Å²) >= 11 is 0. The molecule has 0 saturated carbocycles. The molecule has 2 rings (SSSR count). The van der Waals surface area contributed by atoms with Crippen LogP contribution < -0.4 is 9.44 Å². The van der Waals surface area contributed by atoms with Crippen molar-refractivity contribution in [3.8, 4) is 0 Å². The van der Waals surface area contributed by atoms with Gasteiger partial charge < -0.3 is 0 Å². The van der Waals surface area contributed by atoms with E-state index in [9.17, 15) is 16.8 Å². The van der Waals surface area contributed by atoms with E-state index in [0.717, 1.165) is 11.1 Å². The summed E-state index contributed by atoms with van der Waals surface area (Å²) in [4.78, 5) is 0.178. The standard InChI is InChI=1S/C17H22N2O4S2/c1-4-17(18-24(20,21)15-9-5-13(2)6-10-15)19-25(22,23)16-11-7-14(3)8-12-16/h5-12,17-19H,4H2,1-3H3. The van der Waals surface area contributed by atoms with Crippen LogP contribution in [0.25, 0.3) is 0 Å². The van der Waals surface area contributed by atoms with E-state index in [0.29, 0.717) is 0 Å². The fraction of sp³-hybridized carbons (Fsp3) is 0.294. The molecule has 0 aliphatic carbocycles. The van der Waals surface area contributed by atoms with Gasteiger partial charge in [-0.1, -0.05) is 42.3 Å². The minimum Gasteiger partial charge on any atom is -0.207 e. The SMILES string of the molecule is CCC(NS(=O)(=O)c1ccc(C)cc1)NS(=O)(=O)c1ccc(C)cc1. The smallest absolute Gasteiger partial charge is 0.207 e. The molecule has 0 atom stereocenters.